The molecule has 45 heavy (non-hydrogen) atoms. The predicted octanol–water partition coefficient (Wildman–Crippen LogP) is 6.30. The van der Waals surface area contributed by atoms with Crippen molar-refractivity contribution in [3.8, 4) is 0 Å². The summed E-state index contributed by atoms with van der Waals surface area (Å²) < 4.78 is 0. The summed E-state index contributed by atoms with van der Waals surface area (Å²) >= 11 is 0. The first-order valence-corrected chi connectivity index (χ1v) is 16.9. The summed E-state index contributed by atoms with van der Waals surface area (Å²) in [6.45, 7) is 10.5. The van der Waals surface area contributed by atoms with Gasteiger partial charge in [-0.05, 0) is 120 Å². The molecule has 0 radical (unpaired) electrons. The third-order valence-corrected chi connectivity index (χ3v) is 13.8. The van der Waals surface area contributed by atoms with Crippen LogP contribution in [0.2, 0.25) is 0 Å². The fourth-order valence-corrected chi connectivity index (χ4v) is 10.8. The maximum Gasteiger partial charge on any atom is 0.250 e. The topological polar surface area (TPSA) is 113 Å². The van der Waals surface area contributed by atoms with Crippen LogP contribution < -0.4 is 11.1 Å². The van der Waals surface area contributed by atoms with Crippen LogP contribution in [0, 0.1) is 22.2 Å². The molecule has 4 N–H and O–H groups in total. The second kappa shape index (κ2) is 10.7. The van der Waals surface area contributed by atoms with Gasteiger partial charge in [-0.1, -0.05) is 59.6 Å². The second-order valence-electron chi connectivity index (χ2n) is 15.8. The van der Waals surface area contributed by atoms with E-state index in [2.05, 4.69) is 58.1 Å². The average molecular weight is 614 g/mol. The lowest BCUT2D eigenvalue weighted by molar-refractivity contribution is -0.171. The van der Waals surface area contributed by atoms with E-state index in [0.29, 0.717) is 5.69 Å². The summed E-state index contributed by atoms with van der Waals surface area (Å²) in [6, 6.07) is 12.3. The largest absolute Gasteiger partial charge is 0.399 e. The van der Waals surface area contributed by atoms with Gasteiger partial charge in [0.25, 0.3) is 0 Å². The number of carbonyl (C=O) groups is 3. The SMILES string of the molecule is CN(C(=O)[C@@]1(C)CCC[C@]2(C)c3cc(N)ccc3CC[C@@H]12)C(=O)[C@@]1(C)CCC[C@]2(C)c3cc(NC(=O)CO)ccc3CC[C@@]12C. The van der Waals surface area contributed by atoms with Gasteiger partial charge in [0.1, 0.15) is 6.61 Å². The molecule has 0 saturated heterocycles. The van der Waals surface area contributed by atoms with Crippen LogP contribution in [0.1, 0.15) is 108 Å². The number of aryl methyl sites for hydroxylation is 2. The van der Waals surface area contributed by atoms with Crippen molar-refractivity contribution < 1.29 is 19.5 Å². The van der Waals surface area contributed by atoms with E-state index < -0.39 is 28.8 Å². The van der Waals surface area contributed by atoms with Crippen LogP contribution >= 0.6 is 0 Å². The molecule has 6 atom stereocenters. The van der Waals surface area contributed by atoms with Crippen LogP contribution in [0.3, 0.4) is 0 Å². The molecule has 0 heterocycles. The number of rotatable bonds is 4. The number of carbonyl (C=O) groups excluding carboxylic acids is 3. The van der Waals surface area contributed by atoms with Crippen LogP contribution in [-0.4, -0.2) is 41.4 Å². The molecule has 242 valence electrons. The van der Waals surface area contributed by atoms with Gasteiger partial charge in [0.2, 0.25) is 17.7 Å². The molecule has 0 bridgehead atoms. The Morgan fingerprint density at radius 1 is 0.867 bits per heavy atom. The monoisotopic (exact) mass is 613 g/mol. The molecule has 7 heteroatoms. The summed E-state index contributed by atoms with van der Waals surface area (Å²) in [7, 11) is 1.73. The summed E-state index contributed by atoms with van der Waals surface area (Å²) in [5, 5.41) is 12.1. The number of aliphatic hydroxyl groups is 1. The maximum atomic E-state index is 14.9. The Bertz CT molecular complexity index is 1570. The van der Waals surface area contributed by atoms with Crippen molar-refractivity contribution in [2.24, 2.45) is 22.2 Å². The molecule has 4 aliphatic carbocycles. The highest BCUT2D eigenvalue weighted by molar-refractivity contribution is 6.01. The highest BCUT2D eigenvalue weighted by atomic mass is 16.3. The van der Waals surface area contributed by atoms with E-state index in [4.69, 9.17) is 5.73 Å². The highest BCUT2D eigenvalue weighted by Crippen LogP contribution is 2.66. The van der Waals surface area contributed by atoms with Gasteiger partial charge in [-0.3, -0.25) is 19.3 Å². The number of imide groups is 1. The third kappa shape index (κ3) is 4.43. The van der Waals surface area contributed by atoms with E-state index in [-0.39, 0.29) is 28.6 Å². The number of amides is 3. The van der Waals surface area contributed by atoms with Crippen molar-refractivity contribution in [1.82, 2.24) is 4.90 Å². The van der Waals surface area contributed by atoms with Crippen LogP contribution in [0.25, 0.3) is 0 Å². The number of nitrogen functional groups attached to an aromatic ring is 1. The molecule has 0 aliphatic heterocycles. The van der Waals surface area contributed by atoms with E-state index in [1.807, 2.05) is 18.2 Å². The minimum absolute atomic E-state index is 0.0434. The molecule has 6 rings (SSSR count). The Labute approximate surface area is 268 Å². The number of aliphatic hydroxyl groups excluding tert-OH is 1. The first-order valence-electron chi connectivity index (χ1n) is 16.9. The van der Waals surface area contributed by atoms with Crippen molar-refractivity contribution in [2.75, 3.05) is 24.7 Å². The van der Waals surface area contributed by atoms with Crippen LogP contribution in [-0.2, 0) is 38.1 Å². The number of nitrogens with zero attached hydrogens (tertiary/aromatic N) is 1. The number of nitrogens with one attached hydrogen (secondary N) is 1. The van der Waals surface area contributed by atoms with Crippen molar-refractivity contribution in [3.05, 3.63) is 58.7 Å². The van der Waals surface area contributed by atoms with Gasteiger partial charge in [-0.15, -0.1) is 0 Å². The minimum Gasteiger partial charge on any atom is -0.399 e. The van der Waals surface area contributed by atoms with Gasteiger partial charge in [-0.2, -0.15) is 0 Å². The first-order chi connectivity index (χ1) is 21.1. The Hall–Kier alpha value is -3.19. The molecule has 7 nitrogen and oxygen atoms in total. The number of fused-ring (bicyclic) bond motifs is 6. The molecule has 2 aromatic rings. The van der Waals surface area contributed by atoms with Crippen LogP contribution in [0.5, 0.6) is 0 Å². The van der Waals surface area contributed by atoms with Crippen molar-refractivity contribution in [2.45, 2.75) is 110 Å². The molecule has 0 spiro atoms. The van der Waals surface area contributed by atoms with Gasteiger partial charge >= 0.3 is 0 Å². The number of anilines is 2. The van der Waals surface area contributed by atoms with Crippen LogP contribution in [0.15, 0.2) is 36.4 Å². The zero-order chi connectivity index (χ0) is 32.6. The quantitative estimate of drug-likeness (QED) is 0.277. The smallest absolute Gasteiger partial charge is 0.250 e. The van der Waals surface area contributed by atoms with Crippen LogP contribution in [0.4, 0.5) is 11.4 Å². The van der Waals surface area contributed by atoms with Gasteiger partial charge in [0, 0.05) is 18.4 Å². The van der Waals surface area contributed by atoms with E-state index >= 15 is 0 Å². The Balaban J connectivity index is 1.33. The average Bonchev–Trinajstić information content (AvgIpc) is 3.01. The standard InChI is InChI=1S/C38H51N3O4/c1-34-16-7-17-35(2,30(34)14-11-24-9-12-26(39)21-28(24)34)32(44)41(6)33(45)37(4)19-8-18-36(3)29-22-27(40-31(43)23-42)13-10-25(29)15-20-38(36,37)5/h9-10,12-13,21-22,30,42H,7-8,11,14-20,23,39H2,1-6H3,(H,40,43)/t30-,34-,35+,36-,37-,38-/m1/s1. The van der Waals surface area contributed by atoms with Crippen molar-refractivity contribution in [3.63, 3.8) is 0 Å². The Kier molecular flexibility index (Phi) is 7.54. The van der Waals surface area contributed by atoms with Gasteiger partial charge < -0.3 is 16.2 Å². The molecule has 0 aromatic heterocycles. The summed E-state index contributed by atoms with van der Waals surface area (Å²) in [6.07, 6.45) is 8.79. The fourth-order valence-electron chi connectivity index (χ4n) is 10.8. The summed E-state index contributed by atoms with van der Waals surface area (Å²) in [4.78, 5) is 43.2. The number of hydrogen-bond acceptors (Lipinski definition) is 5. The lowest BCUT2D eigenvalue weighted by Gasteiger charge is -2.63. The minimum atomic E-state index is -0.742. The van der Waals surface area contributed by atoms with Gasteiger partial charge in [-0.25, -0.2) is 0 Å². The molecule has 3 amide bonds. The van der Waals surface area contributed by atoms with E-state index in [1.165, 1.54) is 21.6 Å². The molecule has 4 aliphatic rings. The lowest BCUT2D eigenvalue weighted by atomic mass is 9.41. The van der Waals surface area contributed by atoms with Crippen molar-refractivity contribution >= 4 is 29.1 Å². The zero-order valence-corrected chi connectivity index (χ0v) is 28.0. The van der Waals surface area contributed by atoms with Gasteiger partial charge in [0.15, 0.2) is 0 Å². The number of nitrogens with two attached hydrogens (primary N) is 1. The summed E-state index contributed by atoms with van der Waals surface area (Å²) in [5.41, 5.74) is 10.4. The zero-order valence-electron chi connectivity index (χ0n) is 28.0. The Morgan fingerprint density at radius 3 is 2.29 bits per heavy atom. The van der Waals surface area contributed by atoms with E-state index in [9.17, 15) is 19.5 Å². The molecule has 2 aromatic carbocycles. The maximum absolute atomic E-state index is 14.9. The number of benzene rings is 2. The molecular weight excluding hydrogens is 562 g/mol. The van der Waals surface area contributed by atoms with Crippen molar-refractivity contribution in [1.29, 1.82) is 0 Å². The first kappa shape index (κ1) is 31.8. The molecule has 2 fully saturated rings. The lowest BCUT2D eigenvalue weighted by Crippen LogP contribution is -2.64. The fraction of sp³-hybridized carbons (Fsp3) is 0.605. The Morgan fingerprint density at radius 2 is 1.56 bits per heavy atom. The third-order valence-electron chi connectivity index (χ3n) is 13.8. The summed E-state index contributed by atoms with van der Waals surface area (Å²) in [5.74, 6) is -0.425. The predicted molar refractivity (Wildman–Crippen MR) is 178 cm³/mol. The van der Waals surface area contributed by atoms with Gasteiger partial charge in [0.05, 0.1) is 10.8 Å². The number of hydrogen-bond donors (Lipinski definition) is 3. The molecular formula is C38H51N3O4. The van der Waals surface area contributed by atoms with E-state index in [0.717, 1.165) is 75.5 Å². The molecule has 2 saturated carbocycles. The molecule has 0 unspecified atom stereocenters. The van der Waals surface area contributed by atoms with E-state index in [1.54, 1.807) is 7.05 Å². The highest BCUT2D eigenvalue weighted by Gasteiger charge is 2.65. The normalized spacial score (nSPS) is 35.2. The second-order valence-corrected chi connectivity index (χ2v) is 15.8.